The molecule has 1 N–H and O–H groups in total. The van der Waals surface area contributed by atoms with E-state index in [2.05, 4.69) is 15.3 Å². The molecule has 2 aromatic carbocycles. The summed E-state index contributed by atoms with van der Waals surface area (Å²) in [6, 6.07) is 18.8. The number of nitrogens with one attached hydrogen (secondary N) is 1. The van der Waals surface area contributed by atoms with E-state index in [-0.39, 0.29) is 12.5 Å². The number of hydrogen-bond donors (Lipinski definition) is 1. The lowest BCUT2D eigenvalue weighted by molar-refractivity contribution is -0.117. The van der Waals surface area contributed by atoms with Crippen LogP contribution < -0.4 is 24.4 Å². The molecule has 0 spiro atoms. The molecular formula is C26H26N4O4. The number of hydrogen-bond acceptors (Lipinski definition) is 7. The highest BCUT2D eigenvalue weighted by Gasteiger charge is 2.17. The number of amides is 1. The second-order valence-corrected chi connectivity index (χ2v) is 7.49. The molecular weight excluding hydrogens is 432 g/mol. The summed E-state index contributed by atoms with van der Waals surface area (Å²) in [6.07, 6.45) is 3.30. The summed E-state index contributed by atoms with van der Waals surface area (Å²) in [5.41, 5.74) is 2.42. The molecule has 8 nitrogen and oxygen atoms in total. The van der Waals surface area contributed by atoms with Crippen molar-refractivity contribution in [2.24, 2.45) is 0 Å². The van der Waals surface area contributed by atoms with E-state index in [9.17, 15) is 4.79 Å². The molecule has 0 unspecified atom stereocenters. The number of pyridine rings is 2. The first kappa shape index (κ1) is 23.0. The lowest BCUT2D eigenvalue weighted by atomic mass is 10.2. The van der Waals surface area contributed by atoms with Crippen LogP contribution in [0.15, 0.2) is 73.1 Å². The number of carbonyl (C=O) groups excluding carboxylic acids is 1. The Bertz CT molecular complexity index is 1260. The van der Waals surface area contributed by atoms with Gasteiger partial charge in [-0.3, -0.25) is 9.78 Å². The third kappa shape index (κ3) is 5.07. The van der Waals surface area contributed by atoms with E-state index in [0.717, 1.165) is 10.9 Å². The van der Waals surface area contributed by atoms with Crippen LogP contribution in [0.5, 0.6) is 23.1 Å². The molecule has 0 radical (unpaired) electrons. The fourth-order valence-corrected chi connectivity index (χ4v) is 3.58. The quantitative estimate of drug-likeness (QED) is 0.402. The van der Waals surface area contributed by atoms with Crippen LogP contribution in [-0.2, 0) is 11.3 Å². The first-order chi connectivity index (χ1) is 16.6. The third-order valence-corrected chi connectivity index (χ3v) is 5.27. The largest absolute Gasteiger partial charge is 0.493 e. The Morgan fingerprint density at radius 1 is 0.941 bits per heavy atom. The Kier molecular flexibility index (Phi) is 7.19. The van der Waals surface area contributed by atoms with Gasteiger partial charge in [0.05, 0.1) is 44.7 Å². The van der Waals surface area contributed by atoms with E-state index in [1.165, 1.54) is 0 Å². The molecule has 0 aliphatic carbocycles. The van der Waals surface area contributed by atoms with Crippen molar-refractivity contribution in [3.8, 4) is 23.1 Å². The number of ether oxygens (including phenoxy) is 3. The number of methoxy groups -OCH3 is 2. The summed E-state index contributed by atoms with van der Waals surface area (Å²) in [7, 11) is 4.91. The van der Waals surface area contributed by atoms with Gasteiger partial charge < -0.3 is 24.4 Å². The first-order valence-electron chi connectivity index (χ1n) is 10.8. The fourth-order valence-electron chi connectivity index (χ4n) is 3.58. The molecule has 2 aromatic heterocycles. The molecule has 0 aliphatic rings. The van der Waals surface area contributed by atoms with Crippen molar-refractivity contribution in [2.75, 3.05) is 32.7 Å². The number of fused-ring (bicyclic) bond motifs is 1. The SMILES string of the molecule is CNCC(=O)N(Cc1ccccc1)c1ccc(Oc2ccnc3cc(OC)c(OC)cc23)nc1. The highest BCUT2D eigenvalue weighted by Crippen LogP contribution is 2.36. The first-order valence-corrected chi connectivity index (χ1v) is 10.8. The average molecular weight is 459 g/mol. The van der Waals surface area contributed by atoms with E-state index in [4.69, 9.17) is 14.2 Å². The van der Waals surface area contributed by atoms with E-state index in [1.807, 2.05) is 42.5 Å². The van der Waals surface area contributed by atoms with Crippen LogP contribution >= 0.6 is 0 Å². The van der Waals surface area contributed by atoms with Crippen molar-refractivity contribution in [1.29, 1.82) is 0 Å². The number of rotatable bonds is 9. The molecule has 4 aromatic rings. The Morgan fingerprint density at radius 2 is 1.71 bits per heavy atom. The zero-order valence-electron chi connectivity index (χ0n) is 19.3. The number of benzene rings is 2. The molecule has 174 valence electrons. The second-order valence-electron chi connectivity index (χ2n) is 7.49. The van der Waals surface area contributed by atoms with E-state index in [1.54, 1.807) is 56.8 Å². The van der Waals surface area contributed by atoms with Crippen molar-refractivity contribution in [2.45, 2.75) is 6.54 Å². The molecule has 1 amide bonds. The zero-order chi connectivity index (χ0) is 23.9. The topological polar surface area (TPSA) is 85.8 Å². The lowest BCUT2D eigenvalue weighted by Gasteiger charge is -2.23. The predicted octanol–water partition coefficient (Wildman–Crippen LogP) is 4.19. The minimum Gasteiger partial charge on any atom is -0.493 e. The molecule has 8 heteroatoms. The maximum atomic E-state index is 12.8. The maximum Gasteiger partial charge on any atom is 0.241 e. The number of nitrogens with zero attached hydrogens (tertiary/aromatic N) is 3. The minimum absolute atomic E-state index is 0.0528. The third-order valence-electron chi connectivity index (χ3n) is 5.27. The molecule has 0 atom stereocenters. The molecule has 0 saturated carbocycles. The van der Waals surface area contributed by atoms with Crippen LogP contribution in [0, 0.1) is 0 Å². The van der Waals surface area contributed by atoms with Gasteiger partial charge >= 0.3 is 0 Å². The van der Waals surface area contributed by atoms with E-state index < -0.39 is 0 Å². The number of carbonyl (C=O) groups is 1. The zero-order valence-corrected chi connectivity index (χ0v) is 19.3. The molecule has 0 bridgehead atoms. The van der Waals surface area contributed by atoms with Gasteiger partial charge in [0.2, 0.25) is 11.8 Å². The van der Waals surface area contributed by atoms with Gasteiger partial charge in [-0.1, -0.05) is 30.3 Å². The fraction of sp³-hybridized carbons (Fsp3) is 0.192. The van der Waals surface area contributed by atoms with Crippen LogP contribution in [-0.4, -0.2) is 43.7 Å². The van der Waals surface area contributed by atoms with Crippen molar-refractivity contribution in [1.82, 2.24) is 15.3 Å². The normalized spacial score (nSPS) is 10.7. The van der Waals surface area contributed by atoms with Crippen molar-refractivity contribution in [3.63, 3.8) is 0 Å². The number of likely N-dealkylation sites (N-methyl/N-ethyl adjacent to an activating group) is 1. The molecule has 0 fully saturated rings. The Hall–Kier alpha value is -4.17. The van der Waals surface area contributed by atoms with Gasteiger partial charge in [-0.05, 0) is 30.8 Å². The summed E-state index contributed by atoms with van der Waals surface area (Å²) < 4.78 is 16.8. The second kappa shape index (κ2) is 10.6. The summed E-state index contributed by atoms with van der Waals surface area (Å²) in [5.74, 6) is 2.09. The standard InChI is InChI=1S/C26H26N4O4/c1-27-16-26(31)30(17-18-7-5-4-6-8-18)19-9-10-25(29-15-19)34-22-11-12-28-21-14-24(33-3)23(32-2)13-20(21)22/h4-15,27H,16-17H2,1-3H3. The molecule has 0 aliphatic heterocycles. The van der Waals surface area contributed by atoms with Crippen molar-refractivity contribution in [3.05, 3.63) is 78.6 Å². The van der Waals surface area contributed by atoms with Gasteiger partial charge in [-0.2, -0.15) is 0 Å². The van der Waals surface area contributed by atoms with Gasteiger partial charge in [-0.15, -0.1) is 0 Å². The molecule has 34 heavy (non-hydrogen) atoms. The Balaban J connectivity index is 1.60. The van der Waals surface area contributed by atoms with Gasteiger partial charge in [0.15, 0.2) is 11.5 Å². The van der Waals surface area contributed by atoms with Crippen LogP contribution in [0.2, 0.25) is 0 Å². The minimum atomic E-state index is -0.0528. The maximum absolute atomic E-state index is 12.8. The van der Waals surface area contributed by atoms with Crippen LogP contribution in [0.3, 0.4) is 0 Å². The highest BCUT2D eigenvalue weighted by atomic mass is 16.5. The summed E-state index contributed by atoms with van der Waals surface area (Å²) in [5, 5.41) is 3.69. The monoisotopic (exact) mass is 458 g/mol. The van der Waals surface area contributed by atoms with Crippen molar-refractivity contribution >= 4 is 22.5 Å². The Morgan fingerprint density at radius 3 is 2.38 bits per heavy atom. The average Bonchev–Trinajstić information content (AvgIpc) is 2.88. The number of aromatic nitrogens is 2. The Labute approximate surface area is 198 Å². The summed E-state index contributed by atoms with van der Waals surface area (Å²) in [6.45, 7) is 0.666. The lowest BCUT2D eigenvalue weighted by Crippen LogP contribution is -2.36. The highest BCUT2D eigenvalue weighted by molar-refractivity contribution is 5.94. The summed E-state index contributed by atoms with van der Waals surface area (Å²) in [4.78, 5) is 23.3. The van der Waals surface area contributed by atoms with Gasteiger partial charge in [-0.25, -0.2) is 4.98 Å². The van der Waals surface area contributed by atoms with Crippen LogP contribution in [0.25, 0.3) is 10.9 Å². The van der Waals surface area contributed by atoms with E-state index >= 15 is 0 Å². The number of anilines is 1. The van der Waals surface area contributed by atoms with Crippen LogP contribution in [0.4, 0.5) is 5.69 Å². The summed E-state index contributed by atoms with van der Waals surface area (Å²) >= 11 is 0. The van der Waals surface area contributed by atoms with Crippen molar-refractivity contribution < 1.29 is 19.0 Å². The van der Waals surface area contributed by atoms with Crippen LogP contribution in [0.1, 0.15) is 5.56 Å². The van der Waals surface area contributed by atoms with E-state index in [0.29, 0.717) is 40.9 Å². The molecule has 2 heterocycles. The van der Waals surface area contributed by atoms with Gasteiger partial charge in [0.25, 0.3) is 0 Å². The predicted molar refractivity (Wildman–Crippen MR) is 131 cm³/mol. The van der Waals surface area contributed by atoms with Gasteiger partial charge in [0.1, 0.15) is 5.75 Å². The molecule has 0 saturated heterocycles. The molecule has 4 rings (SSSR count). The van der Waals surface area contributed by atoms with Gasteiger partial charge in [0, 0.05) is 23.7 Å². The smallest absolute Gasteiger partial charge is 0.241 e.